The average Bonchev–Trinajstić information content (AvgIpc) is 3.36. The number of alkyl halides is 3. The fourth-order valence-electron chi connectivity index (χ4n) is 2.90. The van der Waals surface area contributed by atoms with E-state index in [2.05, 4.69) is 10.1 Å². The number of aromatic nitrogens is 3. The van der Waals surface area contributed by atoms with Crippen molar-refractivity contribution in [2.24, 2.45) is 0 Å². The molecule has 33 heavy (non-hydrogen) atoms. The van der Waals surface area contributed by atoms with Crippen molar-refractivity contribution in [1.29, 1.82) is 0 Å². The Morgan fingerprint density at radius 1 is 1.21 bits per heavy atom. The summed E-state index contributed by atoms with van der Waals surface area (Å²) in [5, 5.41) is 14.4. The number of carbonyl (C=O) groups excluding carboxylic acids is 1. The zero-order valence-corrected chi connectivity index (χ0v) is 16.2. The first-order valence-corrected chi connectivity index (χ1v) is 9.05. The molecule has 0 amide bonds. The SMILES string of the molecule is O=C(Cn1c(=O)oc2cc([N+](=O)[O-])ccc21)OCc1nc(-c2cccc(C(F)(F)F)c2)no1. The van der Waals surface area contributed by atoms with Crippen LogP contribution in [0.5, 0.6) is 0 Å². The minimum atomic E-state index is -4.54. The summed E-state index contributed by atoms with van der Waals surface area (Å²) in [6.45, 7) is -1.07. The highest BCUT2D eigenvalue weighted by atomic mass is 19.4. The van der Waals surface area contributed by atoms with Gasteiger partial charge in [0, 0.05) is 11.6 Å². The van der Waals surface area contributed by atoms with E-state index in [0.717, 1.165) is 28.8 Å². The smallest absolute Gasteiger partial charge is 0.420 e. The molecule has 14 heteroatoms. The molecule has 0 saturated carbocycles. The van der Waals surface area contributed by atoms with Crippen LogP contribution in [0.3, 0.4) is 0 Å². The van der Waals surface area contributed by atoms with E-state index in [0.29, 0.717) is 0 Å². The predicted molar refractivity (Wildman–Crippen MR) is 102 cm³/mol. The monoisotopic (exact) mass is 464 g/mol. The maximum absolute atomic E-state index is 12.9. The van der Waals surface area contributed by atoms with Crippen LogP contribution in [-0.2, 0) is 28.9 Å². The zero-order chi connectivity index (χ0) is 23.8. The Hall–Kier alpha value is -4.49. The average molecular weight is 464 g/mol. The van der Waals surface area contributed by atoms with Crippen LogP contribution in [-0.4, -0.2) is 25.6 Å². The van der Waals surface area contributed by atoms with Crippen LogP contribution in [0.25, 0.3) is 22.5 Å². The van der Waals surface area contributed by atoms with Gasteiger partial charge in [-0.3, -0.25) is 19.5 Å². The number of nitrogens with zero attached hydrogens (tertiary/aromatic N) is 4. The van der Waals surface area contributed by atoms with Crippen molar-refractivity contribution < 1.29 is 36.6 Å². The highest BCUT2D eigenvalue weighted by Gasteiger charge is 2.30. The summed E-state index contributed by atoms with van der Waals surface area (Å²) in [6.07, 6.45) is -4.54. The fraction of sp³-hybridized carbons (Fsp3) is 0.158. The lowest BCUT2D eigenvalue weighted by atomic mass is 10.1. The number of ether oxygens (including phenoxy) is 1. The molecule has 2 aromatic carbocycles. The number of hydrogen-bond donors (Lipinski definition) is 0. The van der Waals surface area contributed by atoms with E-state index < -0.39 is 41.5 Å². The van der Waals surface area contributed by atoms with Crippen molar-refractivity contribution in [3.05, 3.63) is 74.6 Å². The fourth-order valence-corrected chi connectivity index (χ4v) is 2.90. The van der Waals surface area contributed by atoms with Gasteiger partial charge in [-0.25, -0.2) is 4.79 Å². The second kappa shape index (κ2) is 8.22. The molecule has 2 heterocycles. The normalized spacial score (nSPS) is 11.6. The molecule has 0 aliphatic rings. The van der Waals surface area contributed by atoms with Crippen molar-refractivity contribution >= 4 is 22.8 Å². The van der Waals surface area contributed by atoms with E-state index in [9.17, 15) is 32.9 Å². The quantitative estimate of drug-likeness (QED) is 0.238. The van der Waals surface area contributed by atoms with Crippen molar-refractivity contribution in [1.82, 2.24) is 14.7 Å². The summed E-state index contributed by atoms with van der Waals surface area (Å²) in [4.78, 5) is 38.2. The molecule has 0 bridgehead atoms. The highest BCUT2D eigenvalue weighted by Crippen LogP contribution is 2.31. The predicted octanol–water partition coefficient (Wildman–Crippen LogP) is 3.31. The summed E-state index contributed by atoms with van der Waals surface area (Å²) in [5.74, 6) is -2.13. The molecule has 0 saturated heterocycles. The van der Waals surface area contributed by atoms with E-state index in [1.165, 1.54) is 18.2 Å². The van der Waals surface area contributed by atoms with Crippen LogP contribution in [0.15, 0.2) is 56.2 Å². The lowest BCUT2D eigenvalue weighted by Gasteiger charge is -2.06. The summed E-state index contributed by atoms with van der Waals surface area (Å²) >= 11 is 0. The second-order valence-electron chi connectivity index (χ2n) is 6.61. The number of oxazole rings is 1. The zero-order valence-electron chi connectivity index (χ0n) is 16.2. The van der Waals surface area contributed by atoms with Crippen molar-refractivity contribution in [2.45, 2.75) is 19.3 Å². The van der Waals surface area contributed by atoms with E-state index in [4.69, 9.17) is 13.7 Å². The van der Waals surface area contributed by atoms with Gasteiger partial charge in [-0.1, -0.05) is 17.3 Å². The largest absolute Gasteiger partial charge is 0.454 e. The van der Waals surface area contributed by atoms with Crippen molar-refractivity contribution in [3.8, 4) is 11.4 Å². The number of non-ortho nitro benzene ring substituents is 1. The third kappa shape index (κ3) is 4.58. The van der Waals surface area contributed by atoms with E-state index in [1.807, 2.05) is 0 Å². The van der Waals surface area contributed by atoms with Gasteiger partial charge in [-0.15, -0.1) is 0 Å². The first-order chi connectivity index (χ1) is 15.6. The first-order valence-electron chi connectivity index (χ1n) is 9.05. The molecule has 0 spiro atoms. The van der Waals surface area contributed by atoms with Gasteiger partial charge in [-0.2, -0.15) is 18.2 Å². The maximum Gasteiger partial charge on any atom is 0.420 e. The number of carbonyl (C=O) groups is 1. The molecule has 2 aromatic heterocycles. The molecule has 0 aliphatic heterocycles. The third-order valence-corrected chi connectivity index (χ3v) is 4.42. The van der Waals surface area contributed by atoms with E-state index in [-0.39, 0.29) is 34.1 Å². The molecule has 0 aliphatic carbocycles. The van der Waals surface area contributed by atoms with Crippen LogP contribution in [0.2, 0.25) is 0 Å². The number of esters is 1. The van der Waals surface area contributed by atoms with Crippen LogP contribution >= 0.6 is 0 Å². The molecule has 4 aromatic rings. The van der Waals surface area contributed by atoms with E-state index in [1.54, 1.807) is 0 Å². The van der Waals surface area contributed by atoms with Gasteiger partial charge in [0.2, 0.25) is 5.82 Å². The lowest BCUT2D eigenvalue weighted by Crippen LogP contribution is -2.21. The van der Waals surface area contributed by atoms with Crippen molar-refractivity contribution in [3.63, 3.8) is 0 Å². The minimum absolute atomic E-state index is 0.0525. The molecule has 0 radical (unpaired) electrons. The summed E-state index contributed by atoms with van der Waals surface area (Å²) in [7, 11) is 0. The summed E-state index contributed by atoms with van der Waals surface area (Å²) in [5.41, 5.74) is -1.06. The number of nitro benzene ring substituents is 1. The number of fused-ring (bicyclic) bond motifs is 1. The molecular weight excluding hydrogens is 453 g/mol. The Labute approximate surface area is 180 Å². The Bertz CT molecular complexity index is 1420. The van der Waals surface area contributed by atoms with Gasteiger partial charge in [-0.05, 0) is 18.2 Å². The number of halogens is 3. The molecular formula is C19H11F3N4O7. The molecule has 0 atom stereocenters. The van der Waals surface area contributed by atoms with Gasteiger partial charge in [0.05, 0.1) is 22.1 Å². The third-order valence-electron chi connectivity index (χ3n) is 4.42. The van der Waals surface area contributed by atoms with Gasteiger partial charge in [0.25, 0.3) is 11.6 Å². The standard InChI is InChI=1S/C19H11F3N4O7/c20-19(21,22)11-3-1-2-10(6-11)17-23-15(33-24-17)9-31-16(27)8-25-13-5-4-12(26(29)30)7-14(13)32-18(25)28/h1-7H,8-9H2. The molecule has 0 fully saturated rings. The van der Waals surface area contributed by atoms with Crippen LogP contribution in [0, 0.1) is 10.1 Å². The number of hydrogen-bond acceptors (Lipinski definition) is 9. The lowest BCUT2D eigenvalue weighted by molar-refractivity contribution is -0.384. The topological polar surface area (TPSA) is 144 Å². The van der Waals surface area contributed by atoms with Gasteiger partial charge in [0.1, 0.15) is 6.54 Å². The minimum Gasteiger partial charge on any atom is -0.454 e. The Balaban J connectivity index is 1.43. The van der Waals surface area contributed by atoms with Crippen LogP contribution < -0.4 is 5.76 Å². The molecule has 4 rings (SSSR count). The molecule has 0 N–H and O–H groups in total. The van der Waals surface area contributed by atoms with E-state index >= 15 is 0 Å². The number of rotatable bonds is 6. The number of nitro groups is 1. The Morgan fingerprint density at radius 3 is 2.73 bits per heavy atom. The van der Waals surface area contributed by atoms with Crippen LogP contribution in [0.1, 0.15) is 11.5 Å². The van der Waals surface area contributed by atoms with Gasteiger partial charge < -0.3 is 13.7 Å². The highest BCUT2D eigenvalue weighted by molar-refractivity contribution is 5.78. The Kier molecular flexibility index (Phi) is 5.41. The Morgan fingerprint density at radius 2 is 2.00 bits per heavy atom. The molecule has 0 unspecified atom stereocenters. The second-order valence-corrected chi connectivity index (χ2v) is 6.61. The molecule has 11 nitrogen and oxygen atoms in total. The number of benzene rings is 2. The molecule has 170 valence electrons. The summed E-state index contributed by atoms with van der Waals surface area (Å²) < 4.78 is 54.2. The first kappa shape index (κ1) is 21.7. The summed E-state index contributed by atoms with van der Waals surface area (Å²) in [6, 6.07) is 7.74. The van der Waals surface area contributed by atoms with Gasteiger partial charge >= 0.3 is 17.9 Å². The maximum atomic E-state index is 12.9. The van der Waals surface area contributed by atoms with Crippen LogP contribution in [0.4, 0.5) is 18.9 Å². The van der Waals surface area contributed by atoms with Gasteiger partial charge in [0.15, 0.2) is 12.2 Å². The van der Waals surface area contributed by atoms with Crippen molar-refractivity contribution in [2.75, 3.05) is 0 Å².